The van der Waals surface area contributed by atoms with E-state index in [1.165, 1.54) is 11.1 Å². The van der Waals surface area contributed by atoms with Crippen LogP contribution in [0.4, 0.5) is 5.69 Å². The predicted molar refractivity (Wildman–Crippen MR) is 96.7 cm³/mol. The topological polar surface area (TPSA) is 30.5 Å². The lowest BCUT2D eigenvalue weighted by molar-refractivity contribution is 0.309. The maximum Gasteiger partial charge on any atom is 0.122 e. The summed E-state index contributed by atoms with van der Waals surface area (Å²) in [5.74, 6) is 1.89. The zero-order valence-corrected chi connectivity index (χ0v) is 14.4. The summed E-state index contributed by atoms with van der Waals surface area (Å²) in [6, 6.07) is 14.4. The second kappa shape index (κ2) is 9.09. The van der Waals surface area contributed by atoms with Gasteiger partial charge in [-0.2, -0.15) is 0 Å². The molecular weight excluding hydrogens is 286 g/mol. The highest BCUT2D eigenvalue weighted by atomic mass is 16.5. The summed E-state index contributed by atoms with van der Waals surface area (Å²) >= 11 is 0. The first-order valence-electron chi connectivity index (χ1n) is 8.36. The zero-order valence-electron chi connectivity index (χ0n) is 14.4. The van der Waals surface area contributed by atoms with Crippen LogP contribution in [0.3, 0.4) is 0 Å². The molecule has 0 saturated heterocycles. The van der Waals surface area contributed by atoms with E-state index in [0.29, 0.717) is 6.61 Å². The van der Waals surface area contributed by atoms with Gasteiger partial charge in [0.1, 0.15) is 18.1 Å². The van der Waals surface area contributed by atoms with Gasteiger partial charge >= 0.3 is 0 Å². The van der Waals surface area contributed by atoms with E-state index in [1.807, 2.05) is 24.3 Å². The molecule has 0 saturated carbocycles. The summed E-state index contributed by atoms with van der Waals surface area (Å²) in [5.41, 5.74) is 3.47. The Bertz CT molecular complexity index is 593. The third-order valence-electron chi connectivity index (χ3n) is 3.65. The van der Waals surface area contributed by atoms with Gasteiger partial charge in [-0.05, 0) is 61.7 Å². The van der Waals surface area contributed by atoms with Crippen molar-refractivity contribution < 1.29 is 9.47 Å². The largest absolute Gasteiger partial charge is 0.494 e. The molecule has 1 N–H and O–H groups in total. The van der Waals surface area contributed by atoms with E-state index in [1.54, 1.807) is 0 Å². The highest BCUT2D eigenvalue weighted by molar-refractivity contribution is 5.46. The van der Waals surface area contributed by atoms with E-state index < -0.39 is 0 Å². The van der Waals surface area contributed by atoms with Gasteiger partial charge in [-0.25, -0.2) is 0 Å². The highest BCUT2D eigenvalue weighted by Gasteiger charge is 2.00. The van der Waals surface area contributed by atoms with E-state index in [4.69, 9.17) is 9.47 Å². The summed E-state index contributed by atoms with van der Waals surface area (Å²) in [5, 5.41) is 3.36. The fraction of sp³-hybridized carbons (Fsp3) is 0.400. The molecule has 2 aromatic carbocycles. The molecule has 0 aliphatic rings. The van der Waals surface area contributed by atoms with Crippen molar-refractivity contribution >= 4 is 5.69 Å². The van der Waals surface area contributed by atoms with Gasteiger partial charge in [0.25, 0.3) is 0 Å². The van der Waals surface area contributed by atoms with Crippen molar-refractivity contribution in [3.8, 4) is 11.5 Å². The van der Waals surface area contributed by atoms with Crippen molar-refractivity contribution in [2.45, 2.75) is 33.6 Å². The number of benzene rings is 2. The summed E-state index contributed by atoms with van der Waals surface area (Å²) < 4.78 is 11.5. The second-order valence-corrected chi connectivity index (χ2v) is 5.77. The third kappa shape index (κ3) is 5.85. The van der Waals surface area contributed by atoms with Crippen molar-refractivity contribution in [2.24, 2.45) is 0 Å². The minimum atomic E-state index is 0.638. The lowest BCUT2D eigenvalue weighted by Crippen LogP contribution is -2.12. The molecule has 3 nitrogen and oxygen atoms in total. The maximum absolute atomic E-state index is 5.84. The van der Waals surface area contributed by atoms with Crippen molar-refractivity contribution in [1.82, 2.24) is 0 Å². The second-order valence-electron chi connectivity index (χ2n) is 5.77. The number of hydrogen-bond acceptors (Lipinski definition) is 3. The van der Waals surface area contributed by atoms with E-state index in [2.05, 4.69) is 44.3 Å². The Hall–Kier alpha value is -2.16. The van der Waals surface area contributed by atoms with Gasteiger partial charge in [0.2, 0.25) is 0 Å². The van der Waals surface area contributed by atoms with Crippen molar-refractivity contribution in [3.63, 3.8) is 0 Å². The highest BCUT2D eigenvalue weighted by Crippen LogP contribution is 2.19. The van der Waals surface area contributed by atoms with Gasteiger partial charge in [0.15, 0.2) is 0 Å². The molecule has 0 aromatic heterocycles. The summed E-state index contributed by atoms with van der Waals surface area (Å²) in [7, 11) is 0. The van der Waals surface area contributed by atoms with Crippen molar-refractivity contribution in [1.29, 1.82) is 0 Å². The van der Waals surface area contributed by atoms with Crippen LogP contribution in [-0.2, 0) is 0 Å². The Morgan fingerprint density at radius 1 is 0.913 bits per heavy atom. The van der Waals surface area contributed by atoms with E-state index >= 15 is 0 Å². The number of unbranched alkanes of at least 4 members (excludes halogenated alkanes) is 1. The average molecular weight is 313 g/mol. The first kappa shape index (κ1) is 17.2. The molecular formula is C20H27NO2. The zero-order chi connectivity index (χ0) is 16.5. The molecule has 3 heteroatoms. The molecule has 0 spiro atoms. The maximum atomic E-state index is 5.84. The van der Waals surface area contributed by atoms with Gasteiger partial charge in [-0.1, -0.05) is 25.5 Å². The van der Waals surface area contributed by atoms with Gasteiger partial charge in [0, 0.05) is 12.2 Å². The molecule has 124 valence electrons. The van der Waals surface area contributed by atoms with Gasteiger partial charge < -0.3 is 14.8 Å². The Labute approximate surface area is 139 Å². The van der Waals surface area contributed by atoms with Crippen LogP contribution in [0, 0.1) is 13.8 Å². The summed E-state index contributed by atoms with van der Waals surface area (Å²) in [6.07, 6.45) is 2.25. The molecule has 0 heterocycles. The molecule has 0 unspecified atom stereocenters. The Morgan fingerprint density at radius 2 is 1.70 bits per heavy atom. The lowest BCUT2D eigenvalue weighted by atomic mass is 10.1. The molecule has 0 bridgehead atoms. The van der Waals surface area contributed by atoms with Gasteiger partial charge in [-0.15, -0.1) is 0 Å². The number of ether oxygens (including phenoxy) is 2. The van der Waals surface area contributed by atoms with E-state index in [0.717, 1.165) is 43.2 Å². The standard InChI is InChI=1S/C20H27NO2/c1-4-5-13-22-19-10-8-18(9-11-19)21-12-14-23-20-15-16(2)6-7-17(20)3/h6-11,15,21H,4-5,12-14H2,1-3H3. The molecule has 0 aliphatic heterocycles. The molecule has 0 radical (unpaired) electrons. The fourth-order valence-electron chi connectivity index (χ4n) is 2.22. The van der Waals surface area contributed by atoms with Crippen LogP contribution in [0.25, 0.3) is 0 Å². The van der Waals surface area contributed by atoms with Gasteiger partial charge in [-0.3, -0.25) is 0 Å². The SMILES string of the molecule is CCCCOc1ccc(NCCOc2cc(C)ccc2C)cc1. The molecule has 0 atom stereocenters. The molecule has 0 fully saturated rings. The lowest BCUT2D eigenvalue weighted by Gasteiger charge is -2.12. The van der Waals surface area contributed by atoms with Crippen LogP contribution < -0.4 is 14.8 Å². The van der Waals surface area contributed by atoms with Crippen molar-refractivity contribution in [3.05, 3.63) is 53.6 Å². The fourth-order valence-corrected chi connectivity index (χ4v) is 2.22. The molecule has 23 heavy (non-hydrogen) atoms. The number of rotatable bonds is 9. The minimum absolute atomic E-state index is 0.638. The summed E-state index contributed by atoms with van der Waals surface area (Å²) in [4.78, 5) is 0. The van der Waals surface area contributed by atoms with Crippen LogP contribution in [-0.4, -0.2) is 19.8 Å². The van der Waals surface area contributed by atoms with Crippen LogP contribution in [0.5, 0.6) is 11.5 Å². The number of aryl methyl sites for hydroxylation is 2. The Morgan fingerprint density at radius 3 is 2.43 bits per heavy atom. The number of nitrogens with one attached hydrogen (secondary N) is 1. The van der Waals surface area contributed by atoms with Crippen molar-refractivity contribution in [2.75, 3.05) is 25.1 Å². The first-order valence-corrected chi connectivity index (χ1v) is 8.36. The normalized spacial score (nSPS) is 10.4. The average Bonchev–Trinajstić information content (AvgIpc) is 2.56. The first-order chi connectivity index (χ1) is 11.2. The minimum Gasteiger partial charge on any atom is -0.494 e. The summed E-state index contributed by atoms with van der Waals surface area (Å²) in [6.45, 7) is 8.50. The van der Waals surface area contributed by atoms with Crippen LogP contribution in [0.15, 0.2) is 42.5 Å². The number of anilines is 1. The van der Waals surface area contributed by atoms with E-state index in [-0.39, 0.29) is 0 Å². The molecule has 0 amide bonds. The smallest absolute Gasteiger partial charge is 0.122 e. The number of hydrogen-bond donors (Lipinski definition) is 1. The van der Waals surface area contributed by atoms with Crippen LogP contribution in [0.2, 0.25) is 0 Å². The monoisotopic (exact) mass is 313 g/mol. The molecule has 2 rings (SSSR count). The molecule has 0 aliphatic carbocycles. The van der Waals surface area contributed by atoms with Gasteiger partial charge in [0.05, 0.1) is 6.61 Å². The predicted octanol–water partition coefficient (Wildman–Crippen LogP) is 4.97. The Balaban J connectivity index is 1.72. The quantitative estimate of drug-likeness (QED) is 0.663. The molecule has 2 aromatic rings. The van der Waals surface area contributed by atoms with E-state index in [9.17, 15) is 0 Å². The third-order valence-corrected chi connectivity index (χ3v) is 3.65. The Kier molecular flexibility index (Phi) is 6.79. The van der Waals surface area contributed by atoms with Crippen LogP contribution in [0.1, 0.15) is 30.9 Å². The van der Waals surface area contributed by atoms with Crippen LogP contribution >= 0.6 is 0 Å².